The van der Waals surface area contributed by atoms with E-state index in [4.69, 9.17) is 5.41 Å². The molecule has 1 saturated carbocycles. The van der Waals surface area contributed by atoms with Crippen molar-refractivity contribution in [1.82, 2.24) is 20.2 Å². The molecule has 2 aliphatic rings. The summed E-state index contributed by atoms with van der Waals surface area (Å²) in [6, 6.07) is 4.10. The third-order valence-electron chi connectivity index (χ3n) is 4.99. The molecule has 2 aromatic rings. The molecule has 0 bridgehead atoms. The van der Waals surface area contributed by atoms with Crippen LogP contribution < -0.4 is 5.32 Å². The third kappa shape index (κ3) is 2.31. The second kappa shape index (κ2) is 5.37. The zero-order chi connectivity index (χ0) is 16.9. The molecule has 2 atom stereocenters. The van der Waals surface area contributed by atoms with Crippen LogP contribution in [0, 0.1) is 17.2 Å². The normalized spacial score (nSPS) is 27.2. The second-order valence-electron chi connectivity index (χ2n) is 6.68. The van der Waals surface area contributed by atoms with Crippen LogP contribution in [0.3, 0.4) is 0 Å². The zero-order valence-electron chi connectivity index (χ0n) is 13.6. The van der Waals surface area contributed by atoms with E-state index >= 15 is 0 Å². The predicted molar refractivity (Wildman–Crippen MR) is 92.5 cm³/mol. The van der Waals surface area contributed by atoms with E-state index in [1.807, 2.05) is 13.0 Å². The number of guanidine groups is 1. The summed E-state index contributed by atoms with van der Waals surface area (Å²) in [6.07, 6.45) is 7.26. The molecule has 1 unspecified atom stereocenters. The van der Waals surface area contributed by atoms with Gasteiger partial charge in [-0.3, -0.25) is 15.1 Å². The van der Waals surface area contributed by atoms with Gasteiger partial charge in [-0.15, -0.1) is 11.3 Å². The molecular weight excluding hydrogens is 322 g/mol. The van der Waals surface area contributed by atoms with Crippen LogP contribution in [0.15, 0.2) is 30.9 Å². The molecule has 24 heavy (non-hydrogen) atoms. The first kappa shape index (κ1) is 15.3. The van der Waals surface area contributed by atoms with Crippen molar-refractivity contribution in [1.29, 1.82) is 5.41 Å². The molecule has 0 spiro atoms. The van der Waals surface area contributed by atoms with Crippen LogP contribution in [0.2, 0.25) is 0 Å². The Labute approximate surface area is 144 Å². The summed E-state index contributed by atoms with van der Waals surface area (Å²) in [5.41, 5.74) is 0.426. The van der Waals surface area contributed by atoms with Gasteiger partial charge in [0.05, 0.1) is 11.5 Å². The smallest absolute Gasteiger partial charge is 0.235 e. The van der Waals surface area contributed by atoms with E-state index in [9.17, 15) is 4.79 Å². The summed E-state index contributed by atoms with van der Waals surface area (Å²) < 4.78 is 0. The van der Waals surface area contributed by atoms with E-state index in [2.05, 4.69) is 21.4 Å². The Balaban J connectivity index is 1.74. The van der Waals surface area contributed by atoms with Crippen LogP contribution in [0.5, 0.6) is 0 Å². The van der Waals surface area contributed by atoms with Gasteiger partial charge >= 0.3 is 0 Å². The molecule has 1 saturated heterocycles. The largest absolute Gasteiger partial charge is 0.345 e. The average molecular weight is 341 g/mol. The SMILES string of the molecule is CN1C(=N)NC(C)(c2ccc(-c3cncnc3)s2)[C@@H](C2CC2)C1=O. The summed E-state index contributed by atoms with van der Waals surface area (Å²) in [5, 5.41) is 11.4. The molecule has 1 amide bonds. The Morgan fingerprint density at radius 3 is 2.71 bits per heavy atom. The summed E-state index contributed by atoms with van der Waals surface area (Å²) in [6.45, 7) is 2.05. The number of rotatable bonds is 3. The van der Waals surface area contributed by atoms with Gasteiger partial charge in [-0.05, 0) is 37.8 Å². The Bertz CT molecular complexity index is 800. The lowest BCUT2D eigenvalue weighted by atomic mass is 9.78. The maximum Gasteiger partial charge on any atom is 0.235 e. The van der Waals surface area contributed by atoms with Crippen molar-refractivity contribution in [2.24, 2.45) is 11.8 Å². The molecule has 1 aliphatic heterocycles. The standard InChI is InChI=1S/C17H19N5OS/c1-17(13-6-5-12(24-13)11-7-19-9-20-8-11)14(10-3-4-10)15(23)22(2)16(18)21-17/h5-10,14H,3-4H2,1-2H3,(H2,18,21)/t14-,17?/m0/s1. The Morgan fingerprint density at radius 1 is 1.33 bits per heavy atom. The first-order chi connectivity index (χ1) is 11.5. The highest BCUT2D eigenvalue weighted by molar-refractivity contribution is 7.15. The molecule has 1 aliphatic carbocycles. The van der Waals surface area contributed by atoms with Crippen LogP contribution in [-0.4, -0.2) is 33.8 Å². The number of carbonyl (C=O) groups excluding carboxylic acids is 1. The fourth-order valence-electron chi connectivity index (χ4n) is 3.49. The minimum absolute atomic E-state index is 0.0433. The quantitative estimate of drug-likeness (QED) is 0.898. The maximum atomic E-state index is 12.8. The first-order valence-corrected chi connectivity index (χ1v) is 8.82. The molecular formula is C17H19N5OS. The molecule has 7 heteroatoms. The van der Waals surface area contributed by atoms with Crippen LogP contribution in [0.4, 0.5) is 0 Å². The minimum atomic E-state index is -0.541. The van der Waals surface area contributed by atoms with E-state index in [1.165, 1.54) is 11.2 Å². The van der Waals surface area contributed by atoms with Gasteiger partial charge in [0, 0.05) is 34.8 Å². The lowest BCUT2D eigenvalue weighted by Gasteiger charge is -2.45. The molecule has 3 heterocycles. The molecule has 6 nitrogen and oxygen atoms in total. The van der Waals surface area contributed by atoms with Gasteiger partial charge in [0.15, 0.2) is 5.96 Å². The number of aromatic nitrogens is 2. The van der Waals surface area contributed by atoms with Crippen LogP contribution >= 0.6 is 11.3 Å². The van der Waals surface area contributed by atoms with Gasteiger partial charge in [0.2, 0.25) is 5.91 Å². The van der Waals surface area contributed by atoms with Gasteiger partial charge in [-0.2, -0.15) is 0 Å². The monoisotopic (exact) mass is 341 g/mol. The van der Waals surface area contributed by atoms with Gasteiger partial charge in [-0.1, -0.05) is 0 Å². The lowest BCUT2D eigenvalue weighted by Crippen LogP contribution is -2.64. The van der Waals surface area contributed by atoms with Crippen molar-refractivity contribution in [2.45, 2.75) is 25.3 Å². The maximum absolute atomic E-state index is 12.8. The highest BCUT2D eigenvalue weighted by Crippen LogP contribution is 2.50. The van der Waals surface area contributed by atoms with Crippen molar-refractivity contribution in [3.8, 4) is 10.4 Å². The number of hydrogen-bond donors (Lipinski definition) is 2. The number of thiophene rings is 1. The van der Waals surface area contributed by atoms with E-state index in [0.29, 0.717) is 5.92 Å². The highest BCUT2D eigenvalue weighted by atomic mass is 32.1. The van der Waals surface area contributed by atoms with Crippen LogP contribution in [0.25, 0.3) is 10.4 Å². The second-order valence-corrected chi connectivity index (χ2v) is 7.76. The number of hydrogen-bond acceptors (Lipinski definition) is 5. The average Bonchev–Trinajstić information content (AvgIpc) is 3.27. The number of nitrogens with zero attached hydrogens (tertiary/aromatic N) is 3. The Kier molecular flexibility index (Phi) is 3.42. The molecule has 0 aromatic carbocycles. The Hall–Kier alpha value is -2.28. The topological polar surface area (TPSA) is 82.0 Å². The molecule has 124 valence electrons. The molecule has 2 aromatic heterocycles. The molecule has 4 rings (SSSR count). The molecule has 2 fully saturated rings. The van der Waals surface area contributed by atoms with Crippen molar-refractivity contribution < 1.29 is 4.79 Å². The van der Waals surface area contributed by atoms with E-state index < -0.39 is 5.54 Å². The highest BCUT2D eigenvalue weighted by Gasteiger charge is 2.54. The Morgan fingerprint density at radius 2 is 2.04 bits per heavy atom. The van der Waals surface area contributed by atoms with Crippen molar-refractivity contribution in [3.05, 3.63) is 35.7 Å². The molecule has 2 N–H and O–H groups in total. The van der Waals surface area contributed by atoms with Crippen LogP contribution in [-0.2, 0) is 10.3 Å². The van der Waals surface area contributed by atoms with Gasteiger partial charge < -0.3 is 5.32 Å². The van der Waals surface area contributed by atoms with Gasteiger partial charge in [0.25, 0.3) is 0 Å². The first-order valence-electron chi connectivity index (χ1n) is 8.00. The molecule has 0 radical (unpaired) electrons. The summed E-state index contributed by atoms with van der Waals surface area (Å²) >= 11 is 1.64. The summed E-state index contributed by atoms with van der Waals surface area (Å²) in [4.78, 5) is 24.5. The predicted octanol–water partition coefficient (Wildman–Crippen LogP) is 2.44. The lowest BCUT2D eigenvalue weighted by molar-refractivity contribution is -0.136. The van der Waals surface area contributed by atoms with Crippen molar-refractivity contribution in [2.75, 3.05) is 7.05 Å². The summed E-state index contributed by atoms with van der Waals surface area (Å²) in [5.74, 6) is 0.477. The summed E-state index contributed by atoms with van der Waals surface area (Å²) in [7, 11) is 1.67. The zero-order valence-corrected chi connectivity index (χ0v) is 14.4. The number of nitrogens with one attached hydrogen (secondary N) is 2. The fourth-order valence-corrected chi connectivity index (χ4v) is 4.61. The fraction of sp³-hybridized carbons (Fsp3) is 0.412. The third-order valence-corrected chi connectivity index (χ3v) is 6.36. The minimum Gasteiger partial charge on any atom is -0.345 e. The van der Waals surface area contributed by atoms with E-state index in [1.54, 1.807) is 30.8 Å². The van der Waals surface area contributed by atoms with E-state index in [0.717, 1.165) is 28.2 Å². The van der Waals surface area contributed by atoms with Crippen molar-refractivity contribution in [3.63, 3.8) is 0 Å². The van der Waals surface area contributed by atoms with Crippen molar-refractivity contribution >= 4 is 23.2 Å². The number of amides is 1. The number of carbonyl (C=O) groups is 1. The van der Waals surface area contributed by atoms with E-state index in [-0.39, 0.29) is 17.8 Å². The van der Waals surface area contributed by atoms with Gasteiger partial charge in [-0.25, -0.2) is 9.97 Å². The van der Waals surface area contributed by atoms with Crippen LogP contribution in [0.1, 0.15) is 24.6 Å². The van der Waals surface area contributed by atoms with Gasteiger partial charge in [0.1, 0.15) is 6.33 Å².